The van der Waals surface area contributed by atoms with E-state index in [2.05, 4.69) is 0 Å². The maximum atomic E-state index is 13.5. The minimum Gasteiger partial charge on any atom is -0.489 e. The molecule has 0 aromatic heterocycles. The summed E-state index contributed by atoms with van der Waals surface area (Å²) in [7, 11) is 0. The second-order valence-electron chi connectivity index (χ2n) is 4.62. The van der Waals surface area contributed by atoms with Gasteiger partial charge in [-0.05, 0) is 47.9 Å². The summed E-state index contributed by atoms with van der Waals surface area (Å²) in [6.07, 6.45) is 0.613. The SMILES string of the molecule is NC(=S)c1cc(F)cc(COc2ccc(CCO)cc2)c1. The third-order valence-corrected chi connectivity index (χ3v) is 3.21. The zero-order valence-electron chi connectivity index (χ0n) is 11.4. The van der Waals surface area contributed by atoms with Crippen molar-refractivity contribution in [2.24, 2.45) is 5.73 Å². The molecule has 3 nitrogen and oxygen atoms in total. The zero-order valence-corrected chi connectivity index (χ0v) is 12.2. The molecule has 0 atom stereocenters. The Hall–Kier alpha value is -1.98. The Bertz CT molecular complexity index is 629. The van der Waals surface area contributed by atoms with Crippen LogP contribution in [0, 0.1) is 5.82 Å². The monoisotopic (exact) mass is 305 g/mol. The van der Waals surface area contributed by atoms with E-state index in [0.717, 1.165) is 5.56 Å². The number of ether oxygens (including phenoxy) is 1. The number of aliphatic hydroxyl groups is 1. The molecule has 0 heterocycles. The van der Waals surface area contributed by atoms with Gasteiger partial charge in [0.15, 0.2) is 0 Å². The molecule has 5 heteroatoms. The first-order chi connectivity index (χ1) is 10.1. The van der Waals surface area contributed by atoms with E-state index >= 15 is 0 Å². The van der Waals surface area contributed by atoms with Crippen LogP contribution in [0.4, 0.5) is 4.39 Å². The maximum absolute atomic E-state index is 13.5. The van der Waals surface area contributed by atoms with Crippen LogP contribution in [0.25, 0.3) is 0 Å². The van der Waals surface area contributed by atoms with Crippen molar-refractivity contribution in [2.75, 3.05) is 6.61 Å². The van der Waals surface area contributed by atoms with Crippen LogP contribution in [0.15, 0.2) is 42.5 Å². The second-order valence-corrected chi connectivity index (χ2v) is 5.06. The zero-order chi connectivity index (χ0) is 15.2. The van der Waals surface area contributed by atoms with Gasteiger partial charge in [0.1, 0.15) is 23.2 Å². The molecule has 0 amide bonds. The van der Waals surface area contributed by atoms with Crippen molar-refractivity contribution in [1.82, 2.24) is 0 Å². The van der Waals surface area contributed by atoms with Gasteiger partial charge in [-0.25, -0.2) is 4.39 Å². The highest BCUT2D eigenvalue weighted by Gasteiger charge is 2.04. The molecule has 3 N–H and O–H groups in total. The predicted octanol–water partition coefficient (Wildman–Crippen LogP) is 2.57. The minimum atomic E-state index is -0.391. The molecule has 2 aromatic carbocycles. The fourth-order valence-corrected chi connectivity index (χ4v) is 2.04. The highest BCUT2D eigenvalue weighted by atomic mass is 32.1. The molecule has 0 aliphatic rings. The molecule has 0 spiro atoms. The fourth-order valence-electron chi connectivity index (χ4n) is 1.92. The highest BCUT2D eigenvalue weighted by Crippen LogP contribution is 2.16. The Morgan fingerprint density at radius 2 is 1.86 bits per heavy atom. The summed E-state index contributed by atoms with van der Waals surface area (Å²) in [6, 6.07) is 11.8. The van der Waals surface area contributed by atoms with Crippen LogP contribution >= 0.6 is 12.2 Å². The molecular weight excluding hydrogens is 289 g/mol. The molecule has 110 valence electrons. The smallest absolute Gasteiger partial charge is 0.124 e. The van der Waals surface area contributed by atoms with Crippen LogP contribution in [-0.4, -0.2) is 16.7 Å². The van der Waals surface area contributed by atoms with Gasteiger partial charge < -0.3 is 15.6 Å². The largest absolute Gasteiger partial charge is 0.489 e. The second kappa shape index (κ2) is 7.15. The average molecular weight is 305 g/mol. The predicted molar refractivity (Wildman–Crippen MR) is 83.9 cm³/mol. The Balaban J connectivity index is 2.04. The molecule has 2 aromatic rings. The number of halogens is 1. The molecule has 0 unspecified atom stereocenters. The van der Waals surface area contributed by atoms with Crippen LogP contribution in [0.2, 0.25) is 0 Å². The van der Waals surface area contributed by atoms with Crippen LogP contribution in [0.1, 0.15) is 16.7 Å². The lowest BCUT2D eigenvalue weighted by Crippen LogP contribution is -2.10. The number of nitrogens with two attached hydrogens (primary N) is 1. The van der Waals surface area contributed by atoms with E-state index < -0.39 is 5.82 Å². The van der Waals surface area contributed by atoms with Gasteiger partial charge in [0.2, 0.25) is 0 Å². The van der Waals surface area contributed by atoms with Gasteiger partial charge in [-0.3, -0.25) is 0 Å². The van der Waals surface area contributed by atoms with Crippen molar-refractivity contribution in [3.8, 4) is 5.75 Å². The lowest BCUT2D eigenvalue weighted by Gasteiger charge is -2.09. The van der Waals surface area contributed by atoms with Gasteiger partial charge in [-0.15, -0.1) is 0 Å². The molecule has 0 aliphatic carbocycles. The molecule has 0 saturated heterocycles. The standard InChI is InChI=1S/C16H16FNO2S/c17-14-8-12(7-13(9-14)16(18)21)10-20-15-3-1-11(2-4-15)5-6-19/h1-4,7-9,19H,5-6,10H2,(H2,18,21). The van der Waals surface area contributed by atoms with Crippen molar-refractivity contribution in [3.05, 3.63) is 65.0 Å². The number of hydrogen-bond acceptors (Lipinski definition) is 3. The molecule has 0 aliphatic heterocycles. The lowest BCUT2D eigenvalue weighted by molar-refractivity contribution is 0.298. The molecule has 0 saturated carbocycles. The van der Waals surface area contributed by atoms with Gasteiger partial charge in [-0.2, -0.15) is 0 Å². The van der Waals surface area contributed by atoms with Crippen molar-refractivity contribution >= 4 is 17.2 Å². The normalized spacial score (nSPS) is 10.4. The van der Waals surface area contributed by atoms with Gasteiger partial charge in [-0.1, -0.05) is 24.4 Å². The Morgan fingerprint density at radius 3 is 2.48 bits per heavy atom. The van der Waals surface area contributed by atoms with Crippen molar-refractivity contribution < 1.29 is 14.2 Å². The van der Waals surface area contributed by atoms with Gasteiger partial charge >= 0.3 is 0 Å². The van der Waals surface area contributed by atoms with Crippen molar-refractivity contribution in [3.63, 3.8) is 0 Å². The summed E-state index contributed by atoms with van der Waals surface area (Å²) in [4.78, 5) is 0.157. The molecular formula is C16H16FNO2S. The van der Waals surface area contributed by atoms with E-state index in [4.69, 9.17) is 27.8 Å². The van der Waals surface area contributed by atoms with E-state index in [1.807, 2.05) is 24.3 Å². The Labute approximate surface area is 128 Å². The Morgan fingerprint density at radius 1 is 1.14 bits per heavy atom. The van der Waals surface area contributed by atoms with E-state index in [1.54, 1.807) is 6.07 Å². The summed E-state index contributed by atoms with van der Waals surface area (Å²) < 4.78 is 19.1. The first-order valence-corrected chi connectivity index (χ1v) is 6.91. The average Bonchev–Trinajstić information content (AvgIpc) is 2.46. The summed E-state index contributed by atoms with van der Waals surface area (Å²) in [5, 5.41) is 8.85. The highest BCUT2D eigenvalue weighted by molar-refractivity contribution is 7.80. The van der Waals surface area contributed by atoms with Crippen molar-refractivity contribution in [2.45, 2.75) is 13.0 Å². The van der Waals surface area contributed by atoms with Crippen LogP contribution in [0.5, 0.6) is 5.75 Å². The molecule has 0 radical (unpaired) electrons. The third-order valence-electron chi connectivity index (χ3n) is 2.97. The van der Waals surface area contributed by atoms with Crippen LogP contribution in [0.3, 0.4) is 0 Å². The maximum Gasteiger partial charge on any atom is 0.124 e. The summed E-state index contributed by atoms with van der Waals surface area (Å²) in [6.45, 7) is 0.345. The van der Waals surface area contributed by atoms with Gasteiger partial charge in [0.05, 0.1) is 0 Å². The van der Waals surface area contributed by atoms with Crippen LogP contribution in [-0.2, 0) is 13.0 Å². The number of aliphatic hydroxyl groups excluding tert-OH is 1. The van der Waals surface area contributed by atoms with E-state index in [-0.39, 0.29) is 18.2 Å². The molecule has 0 fully saturated rings. The summed E-state index contributed by atoms with van der Waals surface area (Å²) in [5.41, 5.74) is 7.69. The lowest BCUT2D eigenvalue weighted by atomic mass is 10.1. The van der Waals surface area contributed by atoms with E-state index in [1.165, 1.54) is 12.1 Å². The van der Waals surface area contributed by atoms with Crippen molar-refractivity contribution in [1.29, 1.82) is 0 Å². The first kappa shape index (κ1) is 15.4. The molecule has 2 rings (SSSR count). The Kier molecular flexibility index (Phi) is 5.25. The number of rotatable bonds is 6. The summed E-state index contributed by atoms with van der Waals surface area (Å²) in [5.74, 6) is 0.287. The number of benzene rings is 2. The minimum absolute atomic E-state index is 0.116. The third kappa shape index (κ3) is 4.51. The molecule has 21 heavy (non-hydrogen) atoms. The summed E-state index contributed by atoms with van der Waals surface area (Å²) >= 11 is 4.85. The fraction of sp³-hybridized carbons (Fsp3) is 0.188. The van der Waals surface area contributed by atoms with Gasteiger partial charge in [0, 0.05) is 12.2 Å². The first-order valence-electron chi connectivity index (χ1n) is 6.50. The number of thiocarbonyl (C=S) groups is 1. The van der Waals surface area contributed by atoms with E-state index in [9.17, 15) is 4.39 Å². The van der Waals surface area contributed by atoms with Crippen LogP contribution < -0.4 is 10.5 Å². The van der Waals surface area contributed by atoms with Gasteiger partial charge in [0.25, 0.3) is 0 Å². The quantitative estimate of drug-likeness (QED) is 0.805. The van der Waals surface area contributed by atoms with E-state index in [0.29, 0.717) is 23.3 Å². The number of hydrogen-bond donors (Lipinski definition) is 2. The molecule has 0 bridgehead atoms. The topological polar surface area (TPSA) is 55.5 Å².